The number of carbonyl (C=O) groups is 1. The van der Waals surface area contributed by atoms with Crippen molar-refractivity contribution in [1.29, 1.82) is 0 Å². The molecule has 2 fully saturated rings. The number of ether oxygens (including phenoxy) is 1. The standard InChI is InChI=1S/C13H17N3O2/c1-14-12-6-15-5-4-11(12)13(17)16-7-9-2-3-10(8-16)18-9/h4-6,9-10,14H,2-3,7-8H2,1H3. The van der Waals surface area contributed by atoms with E-state index in [0.717, 1.165) is 18.5 Å². The number of amides is 1. The Morgan fingerprint density at radius 3 is 2.83 bits per heavy atom. The first-order chi connectivity index (χ1) is 8.78. The first-order valence-electron chi connectivity index (χ1n) is 6.34. The number of anilines is 1. The van der Waals surface area contributed by atoms with Gasteiger partial charge in [0.15, 0.2) is 0 Å². The molecule has 3 heterocycles. The molecular weight excluding hydrogens is 230 g/mol. The molecule has 2 saturated heterocycles. The highest BCUT2D eigenvalue weighted by Crippen LogP contribution is 2.28. The summed E-state index contributed by atoms with van der Waals surface area (Å²) in [6.45, 7) is 1.42. The summed E-state index contributed by atoms with van der Waals surface area (Å²) in [6.07, 6.45) is 5.94. The second-order valence-electron chi connectivity index (χ2n) is 4.84. The van der Waals surface area contributed by atoms with Crippen molar-refractivity contribution in [2.45, 2.75) is 25.0 Å². The molecule has 0 spiro atoms. The van der Waals surface area contributed by atoms with Gasteiger partial charge in [0.1, 0.15) is 0 Å². The Morgan fingerprint density at radius 2 is 2.17 bits per heavy atom. The Bertz CT molecular complexity index is 451. The smallest absolute Gasteiger partial charge is 0.256 e. The maximum atomic E-state index is 12.5. The van der Waals surface area contributed by atoms with E-state index in [2.05, 4.69) is 10.3 Å². The van der Waals surface area contributed by atoms with Gasteiger partial charge in [-0.2, -0.15) is 0 Å². The van der Waals surface area contributed by atoms with Crippen LogP contribution in [-0.2, 0) is 4.74 Å². The fraction of sp³-hybridized carbons (Fsp3) is 0.538. The fourth-order valence-electron chi connectivity index (χ4n) is 2.73. The normalized spacial score (nSPS) is 26.2. The molecule has 5 nitrogen and oxygen atoms in total. The average molecular weight is 247 g/mol. The minimum absolute atomic E-state index is 0.0713. The number of rotatable bonds is 2. The van der Waals surface area contributed by atoms with Crippen LogP contribution in [0.5, 0.6) is 0 Å². The molecule has 18 heavy (non-hydrogen) atoms. The number of nitrogens with one attached hydrogen (secondary N) is 1. The van der Waals surface area contributed by atoms with Gasteiger partial charge in [0, 0.05) is 26.3 Å². The van der Waals surface area contributed by atoms with Crippen molar-refractivity contribution in [3.63, 3.8) is 0 Å². The first kappa shape index (κ1) is 11.5. The molecule has 2 unspecified atom stereocenters. The van der Waals surface area contributed by atoms with Crippen LogP contribution in [0.25, 0.3) is 0 Å². The van der Waals surface area contributed by atoms with Gasteiger partial charge < -0.3 is 15.0 Å². The molecule has 1 aromatic rings. The molecule has 0 aliphatic carbocycles. The van der Waals surface area contributed by atoms with Gasteiger partial charge in [0.05, 0.1) is 29.7 Å². The average Bonchev–Trinajstić information content (AvgIpc) is 2.76. The van der Waals surface area contributed by atoms with E-state index in [1.165, 1.54) is 0 Å². The molecular formula is C13H17N3O2. The van der Waals surface area contributed by atoms with Crippen molar-refractivity contribution in [3.8, 4) is 0 Å². The Morgan fingerprint density at radius 1 is 1.44 bits per heavy atom. The Hall–Kier alpha value is -1.62. The summed E-state index contributed by atoms with van der Waals surface area (Å²) in [6, 6.07) is 1.77. The third-order valence-corrected chi connectivity index (χ3v) is 3.65. The third-order valence-electron chi connectivity index (χ3n) is 3.65. The SMILES string of the molecule is CNc1cnccc1C(=O)N1CC2CCC(C1)O2. The number of pyridine rings is 1. The molecule has 1 N–H and O–H groups in total. The van der Waals surface area contributed by atoms with Crippen molar-refractivity contribution < 1.29 is 9.53 Å². The summed E-state index contributed by atoms with van der Waals surface area (Å²) >= 11 is 0. The van der Waals surface area contributed by atoms with Crippen molar-refractivity contribution in [2.75, 3.05) is 25.5 Å². The van der Waals surface area contributed by atoms with Crippen LogP contribution < -0.4 is 5.32 Å². The molecule has 0 aromatic carbocycles. The van der Waals surface area contributed by atoms with Gasteiger partial charge in [0.25, 0.3) is 5.91 Å². The lowest BCUT2D eigenvalue weighted by Crippen LogP contribution is -2.45. The van der Waals surface area contributed by atoms with Gasteiger partial charge in [-0.15, -0.1) is 0 Å². The largest absolute Gasteiger partial charge is 0.386 e. The molecule has 1 amide bonds. The molecule has 2 bridgehead atoms. The Balaban J connectivity index is 1.82. The van der Waals surface area contributed by atoms with E-state index in [1.807, 2.05) is 4.90 Å². The number of hydrogen-bond donors (Lipinski definition) is 1. The van der Waals surface area contributed by atoms with Crippen LogP contribution in [0.4, 0.5) is 5.69 Å². The van der Waals surface area contributed by atoms with E-state index >= 15 is 0 Å². The summed E-state index contributed by atoms with van der Waals surface area (Å²) in [4.78, 5) is 18.4. The van der Waals surface area contributed by atoms with Gasteiger partial charge in [-0.05, 0) is 18.9 Å². The molecule has 2 atom stereocenters. The number of hydrogen-bond acceptors (Lipinski definition) is 4. The van der Waals surface area contributed by atoms with E-state index in [0.29, 0.717) is 18.7 Å². The van der Waals surface area contributed by atoms with Crippen LogP contribution in [0.1, 0.15) is 23.2 Å². The fourth-order valence-corrected chi connectivity index (χ4v) is 2.73. The maximum Gasteiger partial charge on any atom is 0.256 e. The van der Waals surface area contributed by atoms with Gasteiger partial charge >= 0.3 is 0 Å². The number of carbonyl (C=O) groups excluding carboxylic acids is 1. The Labute approximate surface area is 106 Å². The number of nitrogens with zero attached hydrogens (tertiary/aromatic N) is 2. The zero-order valence-corrected chi connectivity index (χ0v) is 10.4. The summed E-state index contributed by atoms with van der Waals surface area (Å²) in [5.74, 6) is 0.0713. The van der Waals surface area contributed by atoms with Crippen LogP contribution >= 0.6 is 0 Å². The van der Waals surface area contributed by atoms with E-state index in [1.54, 1.807) is 25.5 Å². The van der Waals surface area contributed by atoms with Gasteiger partial charge in [-0.1, -0.05) is 0 Å². The van der Waals surface area contributed by atoms with Crippen LogP contribution in [0.3, 0.4) is 0 Å². The molecule has 1 aromatic heterocycles. The summed E-state index contributed by atoms with van der Waals surface area (Å²) in [5, 5.41) is 3.01. The first-order valence-corrected chi connectivity index (χ1v) is 6.34. The highest BCUT2D eigenvalue weighted by molar-refractivity contribution is 5.99. The topological polar surface area (TPSA) is 54.5 Å². The van der Waals surface area contributed by atoms with Crippen molar-refractivity contribution in [1.82, 2.24) is 9.88 Å². The number of aromatic nitrogens is 1. The monoisotopic (exact) mass is 247 g/mol. The summed E-state index contributed by atoms with van der Waals surface area (Å²) in [7, 11) is 1.80. The molecule has 0 saturated carbocycles. The van der Waals surface area contributed by atoms with E-state index in [9.17, 15) is 4.79 Å². The number of morpholine rings is 1. The van der Waals surface area contributed by atoms with Gasteiger partial charge in [-0.3, -0.25) is 9.78 Å². The minimum Gasteiger partial charge on any atom is -0.386 e. The molecule has 0 radical (unpaired) electrons. The van der Waals surface area contributed by atoms with Crippen LogP contribution in [0, 0.1) is 0 Å². The number of fused-ring (bicyclic) bond motifs is 2. The lowest BCUT2D eigenvalue weighted by molar-refractivity contribution is -0.0303. The predicted molar refractivity (Wildman–Crippen MR) is 67.6 cm³/mol. The summed E-state index contributed by atoms with van der Waals surface area (Å²) in [5.41, 5.74) is 1.47. The highest BCUT2D eigenvalue weighted by atomic mass is 16.5. The van der Waals surface area contributed by atoms with Crippen LogP contribution in [-0.4, -0.2) is 48.1 Å². The van der Waals surface area contributed by atoms with Gasteiger partial charge in [-0.25, -0.2) is 0 Å². The quantitative estimate of drug-likeness (QED) is 0.851. The minimum atomic E-state index is 0.0713. The van der Waals surface area contributed by atoms with Crippen molar-refractivity contribution in [3.05, 3.63) is 24.0 Å². The van der Waals surface area contributed by atoms with Crippen molar-refractivity contribution >= 4 is 11.6 Å². The molecule has 3 rings (SSSR count). The lowest BCUT2D eigenvalue weighted by atomic mass is 10.1. The highest BCUT2D eigenvalue weighted by Gasteiger charge is 2.36. The second-order valence-corrected chi connectivity index (χ2v) is 4.84. The summed E-state index contributed by atoms with van der Waals surface area (Å²) < 4.78 is 5.75. The molecule has 2 aliphatic rings. The number of likely N-dealkylation sites (tertiary alicyclic amines) is 1. The van der Waals surface area contributed by atoms with Crippen molar-refractivity contribution in [2.24, 2.45) is 0 Å². The zero-order chi connectivity index (χ0) is 12.5. The van der Waals surface area contributed by atoms with Crippen LogP contribution in [0.2, 0.25) is 0 Å². The maximum absolute atomic E-state index is 12.5. The third kappa shape index (κ3) is 1.95. The van der Waals surface area contributed by atoms with Crippen LogP contribution in [0.15, 0.2) is 18.5 Å². The zero-order valence-electron chi connectivity index (χ0n) is 10.4. The van der Waals surface area contributed by atoms with E-state index in [-0.39, 0.29) is 18.1 Å². The van der Waals surface area contributed by atoms with E-state index < -0.39 is 0 Å². The molecule has 5 heteroatoms. The predicted octanol–water partition coefficient (Wildman–Crippen LogP) is 1.13. The van der Waals surface area contributed by atoms with E-state index in [4.69, 9.17) is 4.74 Å². The van der Waals surface area contributed by atoms with Gasteiger partial charge in [0.2, 0.25) is 0 Å². The molecule has 2 aliphatic heterocycles. The second kappa shape index (κ2) is 4.57. The molecule has 96 valence electrons. The lowest BCUT2D eigenvalue weighted by Gasteiger charge is -2.32. The Kier molecular flexibility index (Phi) is 2.91.